The van der Waals surface area contributed by atoms with E-state index in [0.29, 0.717) is 17.9 Å². The van der Waals surface area contributed by atoms with Gasteiger partial charge in [-0.05, 0) is 55.8 Å². The van der Waals surface area contributed by atoms with Gasteiger partial charge in [-0.25, -0.2) is 4.39 Å². The molecule has 1 saturated heterocycles. The zero-order chi connectivity index (χ0) is 22.7. The summed E-state index contributed by atoms with van der Waals surface area (Å²) in [5.74, 6) is -0.853. The Hall–Kier alpha value is -3.36. The number of hydrogen-bond acceptors (Lipinski definition) is 5. The second kappa shape index (κ2) is 9.42. The monoisotopic (exact) mass is 436 g/mol. The van der Waals surface area contributed by atoms with Crippen molar-refractivity contribution in [2.24, 2.45) is 0 Å². The zero-order valence-electron chi connectivity index (χ0n) is 18.0. The minimum absolute atomic E-state index is 0.0809. The lowest BCUT2D eigenvalue weighted by Gasteiger charge is -2.35. The van der Waals surface area contributed by atoms with E-state index in [4.69, 9.17) is 4.74 Å². The predicted octanol–water partition coefficient (Wildman–Crippen LogP) is 3.23. The van der Waals surface area contributed by atoms with Gasteiger partial charge in [0.1, 0.15) is 11.5 Å². The number of para-hydroxylation sites is 1. The largest absolute Gasteiger partial charge is 0.373 e. The number of benzene rings is 2. The Kier molecular flexibility index (Phi) is 6.43. The first kappa shape index (κ1) is 21.9. The van der Waals surface area contributed by atoms with E-state index < -0.39 is 17.3 Å². The third-order valence-corrected chi connectivity index (χ3v) is 5.26. The molecule has 0 radical (unpaired) electrons. The van der Waals surface area contributed by atoms with Crippen LogP contribution in [0.4, 0.5) is 10.1 Å². The number of hydrogen-bond donors (Lipinski definition) is 1. The molecule has 1 amide bonds. The molecular formula is C24H25FN4O3. The van der Waals surface area contributed by atoms with E-state index in [0.717, 1.165) is 23.3 Å². The Balaban J connectivity index is 1.54. The van der Waals surface area contributed by atoms with Gasteiger partial charge in [0.05, 0.1) is 17.9 Å². The van der Waals surface area contributed by atoms with Crippen molar-refractivity contribution < 1.29 is 13.9 Å². The Bertz CT molecular complexity index is 1150. The topological polar surface area (TPSA) is 76.5 Å². The molecular weight excluding hydrogens is 411 g/mol. The van der Waals surface area contributed by atoms with Gasteiger partial charge in [-0.15, -0.1) is 0 Å². The van der Waals surface area contributed by atoms with E-state index in [9.17, 15) is 14.0 Å². The lowest BCUT2D eigenvalue weighted by Crippen LogP contribution is -2.44. The maximum Gasteiger partial charge on any atom is 0.276 e. The molecule has 0 aliphatic carbocycles. The van der Waals surface area contributed by atoms with Crippen LogP contribution >= 0.6 is 0 Å². The Morgan fingerprint density at radius 2 is 1.75 bits per heavy atom. The van der Waals surface area contributed by atoms with Crippen molar-refractivity contribution in [3.63, 3.8) is 0 Å². The van der Waals surface area contributed by atoms with Gasteiger partial charge in [0.25, 0.3) is 11.5 Å². The Labute approximate surface area is 185 Å². The van der Waals surface area contributed by atoms with Crippen molar-refractivity contribution in [3.05, 3.63) is 88.1 Å². The van der Waals surface area contributed by atoms with Crippen LogP contribution in [-0.2, 0) is 11.3 Å². The summed E-state index contributed by atoms with van der Waals surface area (Å²) in [6.07, 6.45) is 0.300. The molecule has 1 fully saturated rings. The quantitative estimate of drug-likeness (QED) is 0.665. The van der Waals surface area contributed by atoms with Crippen molar-refractivity contribution in [2.45, 2.75) is 32.6 Å². The van der Waals surface area contributed by atoms with E-state index in [2.05, 4.69) is 29.2 Å². The molecule has 7 nitrogen and oxygen atoms in total. The van der Waals surface area contributed by atoms with Crippen molar-refractivity contribution in [1.29, 1.82) is 0 Å². The van der Waals surface area contributed by atoms with Crippen LogP contribution in [0.1, 0.15) is 29.9 Å². The highest BCUT2D eigenvalue weighted by atomic mass is 19.1. The summed E-state index contributed by atoms with van der Waals surface area (Å²) in [4.78, 5) is 27.5. The zero-order valence-corrected chi connectivity index (χ0v) is 18.0. The number of aromatic nitrogens is 2. The highest BCUT2D eigenvalue weighted by Crippen LogP contribution is 2.21. The first-order valence-electron chi connectivity index (χ1n) is 10.5. The molecule has 2 atom stereocenters. The normalized spacial score (nSPS) is 19.0. The van der Waals surface area contributed by atoms with E-state index in [-0.39, 0.29) is 17.9 Å². The van der Waals surface area contributed by atoms with Crippen molar-refractivity contribution >= 4 is 11.6 Å². The number of carbonyl (C=O) groups excluding carboxylic acids is 1. The summed E-state index contributed by atoms with van der Waals surface area (Å²) in [7, 11) is 0. The van der Waals surface area contributed by atoms with E-state index in [1.807, 2.05) is 24.3 Å². The first-order chi connectivity index (χ1) is 15.4. The Morgan fingerprint density at radius 3 is 2.47 bits per heavy atom. The molecule has 0 saturated carbocycles. The number of rotatable bonds is 5. The predicted molar refractivity (Wildman–Crippen MR) is 119 cm³/mol. The summed E-state index contributed by atoms with van der Waals surface area (Å²) in [6, 6.07) is 15.6. The number of nitrogens with zero attached hydrogens (tertiary/aromatic N) is 3. The smallest absolute Gasteiger partial charge is 0.276 e. The number of carbonyl (C=O) groups is 1. The van der Waals surface area contributed by atoms with Crippen LogP contribution in [0.2, 0.25) is 0 Å². The molecule has 2 unspecified atom stereocenters. The maximum atomic E-state index is 13.2. The average molecular weight is 436 g/mol. The lowest BCUT2D eigenvalue weighted by molar-refractivity contribution is -0.0704. The van der Waals surface area contributed by atoms with Gasteiger partial charge in [0.15, 0.2) is 0 Å². The molecule has 1 aliphatic rings. The van der Waals surface area contributed by atoms with Crippen LogP contribution in [0.15, 0.2) is 65.5 Å². The Morgan fingerprint density at radius 1 is 1.06 bits per heavy atom. The second-order valence-electron chi connectivity index (χ2n) is 8.01. The van der Waals surface area contributed by atoms with Crippen molar-refractivity contribution in [2.75, 3.05) is 18.4 Å². The van der Waals surface area contributed by atoms with E-state index in [1.54, 1.807) is 0 Å². The van der Waals surface area contributed by atoms with Gasteiger partial charge in [-0.3, -0.25) is 14.5 Å². The number of anilines is 1. The maximum absolute atomic E-state index is 13.2. The molecule has 2 aromatic carbocycles. The molecule has 3 aromatic rings. The van der Waals surface area contributed by atoms with Gasteiger partial charge in [-0.1, -0.05) is 18.2 Å². The minimum Gasteiger partial charge on any atom is -0.373 e. The van der Waals surface area contributed by atoms with E-state index in [1.165, 1.54) is 36.4 Å². The fourth-order valence-electron chi connectivity index (χ4n) is 3.92. The lowest BCUT2D eigenvalue weighted by atomic mass is 10.1. The van der Waals surface area contributed by atoms with Gasteiger partial charge in [0.2, 0.25) is 0 Å². The van der Waals surface area contributed by atoms with Crippen LogP contribution in [0.25, 0.3) is 5.69 Å². The minimum atomic E-state index is -0.433. The molecule has 1 aliphatic heterocycles. The standard InChI is InChI=1S/C24H25FN4O3/c1-16-13-28(14-17(2)32-16)15-18-5-3-4-6-21(18)26-24(31)22-11-12-23(30)29(27-22)20-9-7-19(25)8-10-20/h3-12,16-17H,13-15H2,1-2H3,(H,26,31). The fourth-order valence-corrected chi connectivity index (χ4v) is 3.92. The first-order valence-corrected chi connectivity index (χ1v) is 10.5. The molecule has 32 heavy (non-hydrogen) atoms. The van der Waals surface area contributed by atoms with Crippen molar-refractivity contribution in [3.8, 4) is 5.69 Å². The van der Waals surface area contributed by atoms with Gasteiger partial charge in [0, 0.05) is 31.4 Å². The molecule has 1 N–H and O–H groups in total. The number of ether oxygens (including phenoxy) is 1. The second-order valence-corrected chi connectivity index (χ2v) is 8.01. The molecule has 4 rings (SSSR count). The number of nitrogens with one attached hydrogen (secondary N) is 1. The molecule has 166 valence electrons. The average Bonchev–Trinajstić information content (AvgIpc) is 2.75. The number of halogens is 1. The molecule has 2 heterocycles. The SMILES string of the molecule is CC1CN(Cc2ccccc2NC(=O)c2ccc(=O)n(-c3ccc(F)cc3)n2)CC(C)O1. The van der Waals surface area contributed by atoms with Crippen LogP contribution < -0.4 is 10.9 Å². The van der Waals surface area contributed by atoms with Crippen LogP contribution in [0, 0.1) is 5.82 Å². The number of amides is 1. The van der Waals surface area contributed by atoms with Gasteiger partial charge < -0.3 is 10.1 Å². The summed E-state index contributed by atoms with van der Waals surface area (Å²) in [5, 5.41) is 7.09. The molecule has 8 heteroatoms. The highest BCUT2D eigenvalue weighted by Gasteiger charge is 2.23. The summed E-state index contributed by atoms with van der Waals surface area (Å²) < 4.78 is 20.1. The number of morpholine rings is 1. The third-order valence-electron chi connectivity index (χ3n) is 5.26. The van der Waals surface area contributed by atoms with Crippen LogP contribution in [-0.4, -0.2) is 45.9 Å². The highest BCUT2D eigenvalue weighted by molar-refractivity contribution is 6.03. The van der Waals surface area contributed by atoms with Crippen LogP contribution in [0.3, 0.4) is 0 Å². The fraction of sp³-hybridized carbons (Fsp3) is 0.292. The molecule has 0 bridgehead atoms. The van der Waals surface area contributed by atoms with Crippen molar-refractivity contribution in [1.82, 2.24) is 14.7 Å². The summed E-state index contributed by atoms with van der Waals surface area (Å²) >= 11 is 0. The van der Waals surface area contributed by atoms with E-state index >= 15 is 0 Å². The molecule has 1 aromatic heterocycles. The van der Waals surface area contributed by atoms with Gasteiger partial charge >= 0.3 is 0 Å². The van der Waals surface area contributed by atoms with Crippen LogP contribution in [0.5, 0.6) is 0 Å². The third kappa shape index (κ3) is 5.09. The van der Waals surface area contributed by atoms with Gasteiger partial charge in [-0.2, -0.15) is 9.78 Å². The summed E-state index contributed by atoms with van der Waals surface area (Å²) in [5.41, 5.74) is 1.71. The summed E-state index contributed by atoms with van der Waals surface area (Å²) in [6.45, 7) is 6.42. The molecule has 0 spiro atoms.